The van der Waals surface area contributed by atoms with E-state index in [2.05, 4.69) is 56.3 Å². The van der Waals surface area contributed by atoms with Crippen LogP contribution in [0.5, 0.6) is 0 Å². The molecule has 0 saturated heterocycles. The predicted molar refractivity (Wildman–Crippen MR) is 79.3 cm³/mol. The van der Waals surface area contributed by atoms with Gasteiger partial charge in [0.25, 0.3) is 0 Å². The van der Waals surface area contributed by atoms with E-state index in [-0.39, 0.29) is 5.41 Å². The average molecular weight is 252 g/mol. The van der Waals surface area contributed by atoms with Crippen molar-refractivity contribution < 1.29 is 4.79 Å². The van der Waals surface area contributed by atoms with Crippen molar-refractivity contribution in [1.29, 1.82) is 0 Å². The minimum Gasteiger partial charge on any atom is -0.300 e. The van der Waals surface area contributed by atoms with Crippen LogP contribution in [0.1, 0.15) is 44.6 Å². The molecule has 0 N–H and O–H groups in total. The minimum atomic E-state index is 0.136. The Morgan fingerprint density at radius 1 is 1.05 bits per heavy atom. The molecule has 1 saturated carbocycles. The maximum atomic E-state index is 12.0. The van der Waals surface area contributed by atoms with Gasteiger partial charge in [-0.05, 0) is 34.1 Å². The summed E-state index contributed by atoms with van der Waals surface area (Å²) in [6, 6.07) is 14.9. The zero-order chi connectivity index (χ0) is 13.5. The third-order valence-corrected chi connectivity index (χ3v) is 4.21. The zero-order valence-corrected chi connectivity index (χ0v) is 11.6. The van der Waals surface area contributed by atoms with Gasteiger partial charge in [-0.15, -0.1) is 0 Å². The lowest BCUT2D eigenvalue weighted by atomic mass is 9.69. The van der Waals surface area contributed by atoms with Gasteiger partial charge in [0, 0.05) is 12.8 Å². The second kappa shape index (κ2) is 4.48. The molecular formula is C18H20O. The molecule has 0 bridgehead atoms. The summed E-state index contributed by atoms with van der Waals surface area (Å²) in [7, 11) is 0. The number of carbonyl (C=O) groups excluding carboxylic acids is 1. The third-order valence-electron chi connectivity index (χ3n) is 4.21. The Hall–Kier alpha value is -1.63. The number of benzene rings is 2. The molecular weight excluding hydrogens is 232 g/mol. The summed E-state index contributed by atoms with van der Waals surface area (Å²) >= 11 is 0. The van der Waals surface area contributed by atoms with Crippen molar-refractivity contribution in [2.45, 2.75) is 39.0 Å². The Kier molecular flexibility index (Phi) is 2.93. The molecule has 0 heterocycles. The van der Waals surface area contributed by atoms with Gasteiger partial charge in [-0.1, -0.05) is 56.3 Å². The number of carbonyl (C=O) groups is 1. The molecule has 0 aliphatic heterocycles. The largest absolute Gasteiger partial charge is 0.300 e. The average Bonchev–Trinajstić information content (AvgIpc) is 2.35. The lowest BCUT2D eigenvalue weighted by Gasteiger charge is -2.35. The molecule has 1 unspecified atom stereocenters. The summed E-state index contributed by atoms with van der Waals surface area (Å²) < 4.78 is 0. The van der Waals surface area contributed by atoms with E-state index in [1.54, 1.807) is 0 Å². The quantitative estimate of drug-likeness (QED) is 0.718. The smallest absolute Gasteiger partial charge is 0.134 e. The Labute approximate surface area is 114 Å². The van der Waals surface area contributed by atoms with E-state index in [9.17, 15) is 4.79 Å². The number of rotatable bonds is 1. The second-order valence-corrected chi connectivity index (χ2v) is 6.55. The highest BCUT2D eigenvalue weighted by molar-refractivity contribution is 5.88. The van der Waals surface area contributed by atoms with Gasteiger partial charge in [0.05, 0.1) is 0 Å². The maximum absolute atomic E-state index is 12.0. The van der Waals surface area contributed by atoms with Crippen LogP contribution in [0.3, 0.4) is 0 Å². The van der Waals surface area contributed by atoms with Gasteiger partial charge in [-0.25, -0.2) is 0 Å². The van der Waals surface area contributed by atoms with Crippen LogP contribution >= 0.6 is 0 Å². The summed E-state index contributed by atoms with van der Waals surface area (Å²) in [4.78, 5) is 12.0. The summed E-state index contributed by atoms with van der Waals surface area (Å²) in [5.74, 6) is 0.788. The molecule has 19 heavy (non-hydrogen) atoms. The summed E-state index contributed by atoms with van der Waals surface area (Å²) in [6.07, 6.45) is 2.54. The van der Waals surface area contributed by atoms with E-state index in [4.69, 9.17) is 0 Å². The van der Waals surface area contributed by atoms with Gasteiger partial charge in [-0.2, -0.15) is 0 Å². The van der Waals surface area contributed by atoms with E-state index in [0.717, 1.165) is 12.8 Å². The summed E-state index contributed by atoms with van der Waals surface area (Å²) in [5, 5.41) is 2.58. The summed E-state index contributed by atoms with van der Waals surface area (Å²) in [6.45, 7) is 4.42. The predicted octanol–water partition coefficient (Wildman–Crippen LogP) is 4.70. The van der Waals surface area contributed by atoms with E-state index < -0.39 is 0 Å². The van der Waals surface area contributed by atoms with E-state index in [1.165, 1.54) is 16.3 Å². The number of Topliss-reactive ketones (excluding diaryl/α,β-unsaturated/α-hetero) is 1. The molecule has 2 aromatic rings. The fraction of sp³-hybridized carbons (Fsp3) is 0.389. The molecule has 1 aliphatic rings. The molecule has 1 heteroatoms. The molecule has 2 aromatic carbocycles. The van der Waals surface area contributed by atoms with Gasteiger partial charge >= 0.3 is 0 Å². The zero-order valence-electron chi connectivity index (χ0n) is 11.6. The van der Waals surface area contributed by atoms with Crippen molar-refractivity contribution >= 4 is 16.6 Å². The Bertz CT molecular complexity index is 619. The SMILES string of the molecule is CC1(C)CC(=O)CC(c2cccc3ccccc23)C1. The van der Waals surface area contributed by atoms with Gasteiger partial charge in [0.1, 0.15) is 5.78 Å². The molecule has 0 radical (unpaired) electrons. The van der Waals surface area contributed by atoms with Crippen molar-refractivity contribution in [3.8, 4) is 0 Å². The fourth-order valence-electron chi connectivity index (χ4n) is 3.52. The van der Waals surface area contributed by atoms with Gasteiger partial charge in [0.2, 0.25) is 0 Å². The molecule has 1 aliphatic carbocycles. The first-order valence-corrected chi connectivity index (χ1v) is 7.04. The first-order chi connectivity index (χ1) is 9.05. The van der Waals surface area contributed by atoms with Gasteiger partial charge < -0.3 is 0 Å². The Balaban J connectivity index is 2.07. The first-order valence-electron chi connectivity index (χ1n) is 7.04. The van der Waals surface area contributed by atoms with Crippen LogP contribution in [0.2, 0.25) is 0 Å². The fourth-order valence-corrected chi connectivity index (χ4v) is 3.52. The maximum Gasteiger partial charge on any atom is 0.134 e. The molecule has 1 nitrogen and oxygen atoms in total. The van der Waals surface area contributed by atoms with Crippen LogP contribution in [0.15, 0.2) is 42.5 Å². The van der Waals surface area contributed by atoms with Crippen LogP contribution in [0.25, 0.3) is 10.8 Å². The van der Waals surface area contributed by atoms with Crippen molar-refractivity contribution in [3.05, 3.63) is 48.0 Å². The lowest BCUT2D eigenvalue weighted by molar-refractivity contribution is -0.123. The second-order valence-electron chi connectivity index (χ2n) is 6.55. The van der Waals surface area contributed by atoms with Crippen molar-refractivity contribution in [3.63, 3.8) is 0 Å². The number of hydrogen-bond donors (Lipinski definition) is 0. The molecule has 0 aromatic heterocycles. The molecule has 98 valence electrons. The first kappa shape index (κ1) is 12.4. The van der Waals surface area contributed by atoms with Crippen molar-refractivity contribution in [2.24, 2.45) is 5.41 Å². The normalized spacial score (nSPS) is 22.6. The van der Waals surface area contributed by atoms with Crippen LogP contribution in [0, 0.1) is 5.41 Å². The topological polar surface area (TPSA) is 17.1 Å². The van der Waals surface area contributed by atoms with Gasteiger partial charge in [-0.3, -0.25) is 4.79 Å². The monoisotopic (exact) mass is 252 g/mol. The minimum absolute atomic E-state index is 0.136. The van der Waals surface area contributed by atoms with Gasteiger partial charge in [0.15, 0.2) is 0 Å². The van der Waals surface area contributed by atoms with Crippen LogP contribution < -0.4 is 0 Å². The molecule has 0 spiro atoms. The van der Waals surface area contributed by atoms with E-state index >= 15 is 0 Å². The van der Waals surface area contributed by atoms with E-state index in [0.29, 0.717) is 18.1 Å². The highest BCUT2D eigenvalue weighted by Gasteiger charge is 2.33. The lowest BCUT2D eigenvalue weighted by Crippen LogP contribution is -2.27. The number of fused-ring (bicyclic) bond motifs is 1. The molecule has 1 atom stereocenters. The molecule has 0 amide bonds. The highest BCUT2D eigenvalue weighted by Crippen LogP contribution is 2.43. The third kappa shape index (κ3) is 2.42. The Morgan fingerprint density at radius 2 is 1.79 bits per heavy atom. The van der Waals surface area contributed by atoms with E-state index in [1.807, 2.05) is 0 Å². The number of hydrogen-bond acceptors (Lipinski definition) is 1. The highest BCUT2D eigenvalue weighted by atomic mass is 16.1. The molecule has 1 fully saturated rings. The summed E-state index contributed by atoms with van der Waals surface area (Å²) in [5.41, 5.74) is 1.48. The Morgan fingerprint density at radius 3 is 2.58 bits per heavy atom. The van der Waals surface area contributed by atoms with Crippen LogP contribution in [0.4, 0.5) is 0 Å². The van der Waals surface area contributed by atoms with Crippen LogP contribution in [-0.2, 0) is 4.79 Å². The van der Waals surface area contributed by atoms with Crippen molar-refractivity contribution in [1.82, 2.24) is 0 Å². The number of ketones is 1. The molecule has 3 rings (SSSR count). The van der Waals surface area contributed by atoms with Crippen LogP contribution in [-0.4, -0.2) is 5.78 Å². The van der Waals surface area contributed by atoms with Crippen molar-refractivity contribution in [2.75, 3.05) is 0 Å². The standard InChI is InChI=1S/C18H20O/c1-18(2)11-14(10-15(19)12-18)17-9-5-7-13-6-3-4-8-16(13)17/h3-9,14H,10-12H2,1-2H3.